The van der Waals surface area contributed by atoms with Gasteiger partial charge in [-0.3, -0.25) is 0 Å². The Morgan fingerprint density at radius 3 is 2.17 bits per heavy atom. The van der Waals surface area contributed by atoms with Gasteiger partial charge in [-0.15, -0.1) is 0 Å². The number of benzene rings is 1. The fraction of sp³-hybridized carbons (Fsp3) is 0.583. The van der Waals surface area contributed by atoms with Crippen molar-refractivity contribution in [2.75, 3.05) is 26.4 Å². The van der Waals surface area contributed by atoms with E-state index in [0.717, 1.165) is 50.4 Å². The summed E-state index contributed by atoms with van der Waals surface area (Å²) in [5, 5.41) is 0. The molecule has 0 spiro atoms. The van der Waals surface area contributed by atoms with Gasteiger partial charge in [-0.25, -0.2) is 9.97 Å². The molecular weight excluding hydrogens is 364 g/mol. The predicted molar refractivity (Wildman–Crippen MR) is 117 cm³/mol. The predicted octanol–water partition coefficient (Wildman–Crippen LogP) is 5.93. The smallest absolute Gasteiger partial charge is 0.159 e. The van der Waals surface area contributed by atoms with E-state index in [1.54, 1.807) is 12.4 Å². The highest BCUT2D eigenvalue weighted by molar-refractivity contribution is 5.56. The van der Waals surface area contributed by atoms with Crippen LogP contribution in [0.5, 0.6) is 11.5 Å². The molecule has 2 rings (SSSR count). The summed E-state index contributed by atoms with van der Waals surface area (Å²) in [6, 6.07) is 7.93. The van der Waals surface area contributed by atoms with Crippen molar-refractivity contribution in [3.63, 3.8) is 0 Å². The second-order valence-electron chi connectivity index (χ2n) is 7.44. The fourth-order valence-electron chi connectivity index (χ4n) is 2.73. The van der Waals surface area contributed by atoms with Crippen LogP contribution in [0.2, 0.25) is 0 Å². The molecule has 29 heavy (non-hydrogen) atoms. The lowest BCUT2D eigenvalue weighted by Crippen LogP contribution is -2.04. The van der Waals surface area contributed by atoms with E-state index in [4.69, 9.17) is 14.2 Å². The van der Waals surface area contributed by atoms with Crippen molar-refractivity contribution in [1.82, 2.24) is 9.97 Å². The summed E-state index contributed by atoms with van der Waals surface area (Å²) in [6.07, 6.45) is 10.2. The molecule has 1 heterocycles. The lowest BCUT2D eigenvalue weighted by atomic mass is 10.1. The average molecular weight is 401 g/mol. The van der Waals surface area contributed by atoms with Crippen molar-refractivity contribution >= 4 is 0 Å². The van der Waals surface area contributed by atoms with Gasteiger partial charge in [0.25, 0.3) is 0 Å². The molecule has 0 saturated carbocycles. The third-order valence-electron chi connectivity index (χ3n) is 4.91. The first kappa shape index (κ1) is 23.1. The lowest BCUT2D eigenvalue weighted by molar-refractivity contribution is 0.116. The van der Waals surface area contributed by atoms with Crippen LogP contribution in [0.1, 0.15) is 59.3 Å². The van der Waals surface area contributed by atoms with Crippen molar-refractivity contribution in [3.05, 3.63) is 36.7 Å². The van der Waals surface area contributed by atoms with Gasteiger partial charge in [-0.2, -0.15) is 0 Å². The Balaban J connectivity index is 1.69. The fourth-order valence-corrected chi connectivity index (χ4v) is 2.73. The Kier molecular flexibility index (Phi) is 11.1. The van der Waals surface area contributed by atoms with E-state index in [0.29, 0.717) is 24.1 Å². The Hall–Kier alpha value is -2.14. The van der Waals surface area contributed by atoms with Gasteiger partial charge in [0, 0.05) is 25.2 Å². The normalized spacial score (nSPS) is 12.0. The van der Waals surface area contributed by atoms with Crippen molar-refractivity contribution < 1.29 is 14.2 Å². The number of ether oxygens (including phenoxy) is 3. The van der Waals surface area contributed by atoms with Gasteiger partial charge in [0.2, 0.25) is 0 Å². The van der Waals surface area contributed by atoms with Gasteiger partial charge in [0.1, 0.15) is 5.75 Å². The van der Waals surface area contributed by atoms with E-state index in [1.165, 1.54) is 19.3 Å². The molecule has 0 aliphatic carbocycles. The van der Waals surface area contributed by atoms with Gasteiger partial charge in [0.05, 0.1) is 25.6 Å². The largest absolute Gasteiger partial charge is 0.494 e. The number of hydrogen-bond acceptors (Lipinski definition) is 5. The van der Waals surface area contributed by atoms with Crippen LogP contribution in [-0.4, -0.2) is 36.4 Å². The summed E-state index contributed by atoms with van der Waals surface area (Å²) in [5.74, 6) is 2.95. The van der Waals surface area contributed by atoms with Crippen molar-refractivity contribution in [2.24, 2.45) is 5.92 Å². The SMILES string of the molecule is CCCCCOCCCOc1cnc(-c2ccc(OCCC(C)CC)cc2)nc1. The number of nitrogens with zero attached hydrogens (tertiary/aromatic N) is 2. The van der Waals surface area contributed by atoms with Crippen LogP contribution in [0, 0.1) is 5.92 Å². The van der Waals surface area contributed by atoms with Gasteiger partial charge < -0.3 is 14.2 Å². The van der Waals surface area contributed by atoms with Crippen LogP contribution >= 0.6 is 0 Å². The maximum Gasteiger partial charge on any atom is 0.159 e. The van der Waals surface area contributed by atoms with Crippen LogP contribution in [0.3, 0.4) is 0 Å². The minimum Gasteiger partial charge on any atom is -0.494 e. The Morgan fingerprint density at radius 2 is 1.48 bits per heavy atom. The summed E-state index contributed by atoms with van der Waals surface area (Å²) < 4.78 is 17.1. The maximum absolute atomic E-state index is 5.81. The highest BCUT2D eigenvalue weighted by Gasteiger charge is 2.04. The van der Waals surface area contributed by atoms with Crippen molar-refractivity contribution in [1.29, 1.82) is 0 Å². The van der Waals surface area contributed by atoms with Crippen LogP contribution < -0.4 is 9.47 Å². The second-order valence-corrected chi connectivity index (χ2v) is 7.44. The van der Waals surface area contributed by atoms with Crippen molar-refractivity contribution in [2.45, 2.75) is 59.3 Å². The van der Waals surface area contributed by atoms with E-state index in [1.807, 2.05) is 24.3 Å². The molecule has 0 amide bonds. The van der Waals surface area contributed by atoms with Gasteiger partial charge in [0.15, 0.2) is 11.6 Å². The number of rotatable bonds is 15. The summed E-state index contributed by atoms with van der Waals surface area (Å²) in [4.78, 5) is 8.83. The third-order valence-corrected chi connectivity index (χ3v) is 4.91. The summed E-state index contributed by atoms with van der Waals surface area (Å²) in [6.45, 7) is 9.58. The van der Waals surface area contributed by atoms with Gasteiger partial charge in [-0.05, 0) is 43.0 Å². The zero-order valence-electron chi connectivity index (χ0n) is 18.2. The highest BCUT2D eigenvalue weighted by atomic mass is 16.5. The molecule has 1 unspecified atom stereocenters. The van der Waals surface area contributed by atoms with E-state index in [9.17, 15) is 0 Å². The Morgan fingerprint density at radius 1 is 0.793 bits per heavy atom. The average Bonchev–Trinajstić information content (AvgIpc) is 2.76. The Bertz CT molecular complexity index is 659. The first-order chi connectivity index (χ1) is 14.2. The number of hydrogen-bond donors (Lipinski definition) is 0. The second kappa shape index (κ2) is 13.9. The molecule has 0 saturated heterocycles. The molecule has 1 aromatic carbocycles. The molecule has 0 bridgehead atoms. The van der Waals surface area contributed by atoms with Gasteiger partial charge >= 0.3 is 0 Å². The summed E-state index contributed by atoms with van der Waals surface area (Å²) in [7, 11) is 0. The van der Waals surface area contributed by atoms with Crippen molar-refractivity contribution in [3.8, 4) is 22.9 Å². The molecule has 0 N–H and O–H groups in total. The minimum atomic E-state index is 0.610. The molecule has 1 aromatic heterocycles. The zero-order valence-corrected chi connectivity index (χ0v) is 18.2. The van der Waals surface area contributed by atoms with E-state index in [2.05, 4.69) is 30.7 Å². The number of unbranched alkanes of at least 4 members (excludes halogenated alkanes) is 2. The summed E-state index contributed by atoms with van der Waals surface area (Å²) in [5.41, 5.74) is 0.964. The standard InChI is InChI=1S/C24H36N2O3/c1-4-6-7-14-27-15-8-16-28-23-18-25-24(26-19-23)21-9-11-22(12-10-21)29-17-13-20(3)5-2/h9-12,18-20H,4-8,13-17H2,1-3H3. The quantitative estimate of drug-likeness (QED) is 0.347. The minimum absolute atomic E-state index is 0.610. The maximum atomic E-state index is 5.81. The summed E-state index contributed by atoms with van der Waals surface area (Å²) >= 11 is 0. The molecule has 2 aromatic rings. The molecule has 0 fully saturated rings. The first-order valence-electron chi connectivity index (χ1n) is 11.0. The first-order valence-corrected chi connectivity index (χ1v) is 11.0. The monoisotopic (exact) mass is 400 g/mol. The molecule has 5 heteroatoms. The zero-order chi connectivity index (χ0) is 20.7. The highest BCUT2D eigenvalue weighted by Crippen LogP contribution is 2.21. The van der Waals surface area contributed by atoms with Crippen LogP contribution in [0.15, 0.2) is 36.7 Å². The molecular formula is C24H36N2O3. The number of aromatic nitrogens is 2. The van der Waals surface area contributed by atoms with Crippen LogP contribution in [0.25, 0.3) is 11.4 Å². The Labute approximate surface area is 175 Å². The van der Waals surface area contributed by atoms with Crippen LogP contribution in [-0.2, 0) is 4.74 Å². The van der Waals surface area contributed by atoms with E-state index < -0.39 is 0 Å². The molecule has 5 nitrogen and oxygen atoms in total. The van der Waals surface area contributed by atoms with E-state index >= 15 is 0 Å². The molecule has 160 valence electrons. The lowest BCUT2D eigenvalue weighted by Gasteiger charge is -2.10. The topological polar surface area (TPSA) is 53.5 Å². The molecule has 0 aliphatic heterocycles. The third kappa shape index (κ3) is 9.27. The molecule has 0 radical (unpaired) electrons. The van der Waals surface area contributed by atoms with E-state index in [-0.39, 0.29) is 0 Å². The molecule has 0 aliphatic rings. The molecule has 1 atom stereocenters. The van der Waals surface area contributed by atoms with Gasteiger partial charge in [-0.1, -0.05) is 40.0 Å². The van der Waals surface area contributed by atoms with Crippen LogP contribution in [0.4, 0.5) is 0 Å².